The summed E-state index contributed by atoms with van der Waals surface area (Å²) in [7, 11) is 10.4. The Morgan fingerprint density at radius 3 is 0.892 bits per heavy atom. The molecule has 15 aromatic rings. The van der Waals surface area contributed by atoms with Crippen molar-refractivity contribution < 1.29 is 24.2 Å². The van der Waals surface area contributed by atoms with Crippen LogP contribution in [0.2, 0.25) is 0 Å². The summed E-state index contributed by atoms with van der Waals surface area (Å²) in [5.74, 6) is -0.172. The number of pyridine rings is 5. The Morgan fingerprint density at radius 2 is 0.581 bits per heavy atom. The highest BCUT2D eigenvalue weighted by atomic mass is 32.1. The maximum Gasteiger partial charge on any atom is 0.342 e. The molecule has 10 aromatic heterocycles. The minimum atomic E-state index is -0.653. The van der Waals surface area contributed by atoms with E-state index in [1.807, 2.05) is 26.4 Å². The summed E-state index contributed by atoms with van der Waals surface area (Å²) in [4.78, 5) is 23.1. The van der Waals surface area contributed by atoms with Crippen LogP contribution in [0, 0.1) is 48.5 Å². The standard InChI is InChI=1S/2C17H19N2S.2C15H15N2S.C14H13N2S/c2*1-11(2)17-18-16-15(20-17)10-9-14(19(16)4)13-8-6-5-7-12(13)3;2*1-10-6-4-5-7-12(10)13-8-9-14-15(17(13)3)16-11(2)18-14;1-10-5-3-4-6-11(10)12-7-8-13-14(16(12)2)15-9-17-13/h2*5-11H,1-4H3;2*4-9H,1-3H3;3-9H,1-2H3/q5*+1/i11D;;;;. The molecular formula is C78H81N10S5+5. The molecule has 0 spiro atoms. The van der Waals surface area contributed by atoms with Crippen LogP contribution in [0.3, 0.4) is 0 Å². The van der Waals surface area contributed by atoms with Crippen molar-refractivity contribution in [2.45, 2.75) is 88.0 Å². The molecular weight excluding hydrogens is 1240 g/mol. The van der Waals surface area contributed by atoms with Crippen LogP contribution in [0.5, 0.6) is 0 Å². The number of thiazole rings is 5. The number of rotatable bonds is 7. The lowest BCUT2D eigenvalue weighted by Gasteiger charge is -2.06. The van der Waals surface area contributed by atoms with E-state index < -0.39 is 5.89 Å². The van der Waals surface area contributed by atoms with Gasteiger partial charge in [0.15, 0.2) is 5.51 Å². The molecule has 93 heavy (non-hydrogen) atoms. The van der Waals surface area contributed by atoms with Crippen molar-refractivity contribution in [3.8, 4) is 56.3 Å². The quantitative estimate of drug-likeness (QED) is 0.148. The SMILES string of the molecule is Cc1ccccc1-c1ccc2sc(C(C)C)nc2[n+]1C.Cc1ccccc1-c1ccc2scnc2[n+]1C.Cc1nc2c(ccc(-c3ccccc3C)[n+]2C)s1.Cc1nc2c(ccc(-c3ccccc3C)[n+]2C)s1.[2H]C(C)(C)c1nc2c(ccc(-c3ccccc3C)[n+]2C)s1. The average Bonchev–Trinajstić information content (AvgIpc) is 3.02. The minimum Gasteiger partial charge on any atom is -0.225 e. The molecule has 0 unspecified atom stereocenters. The second-order valence-electron chi connectivity index (χ2n) is 23.9. The summed E-state index contributed by atoms with van der Waals surface area (Å²) in [5, 5.41) is 4.29. The molecule has 0 saturated carbocycles. The highest BCUT2D eigenvalue weighted by Crippen LogP contribution is 2.32. The fraction of sp³-hybridized carbons (Fsp3) is 0.231. The lowest BCUT2D eigenvalue weighted by Crippen LogP contribution is -2.32. The van der Waals surface area contributed by atoms with Gasteiger partial charge >= 0.3 is 28.2 Å². The fourth-order valence-electron chi connectivity index (χ4n) is 11.6. The number of hydrogen-bond donors (Lipinski definition) is 0. The maximum absolute atomic E-state index is 8.17. The number of hydrogen-bond acceptors (Lipinski definition) is 10. The van der Waals surface area contributed by atoms with E-state index in [1.54, 1.807) is 56.7 Å². The largest absolute Gasteiger partial charge is 0.342 e. The number of aryl methyl sites for hydroxylation is 12. The number of nitrogens with zero attached hydrogens (tertiary/aromatic N) is 10. The van der Waals surface area contributed by atoms with Crippen LogP contribution >= 0.6 is 56.7 Å². The molecule has 15 rings (SSSR count). The fourth-order valence-corrected chi connectivity index (χ4v) is 15.9. The van der Waals surface area contributed by atoms with Gasteiger partial charge < -0.3 is 0 Å². The first kappa shape index (κ1) is 64.4. The second-order valence-corrected chi connectivity index (χ2v) is 29.4. The van der Waals surface area contributed by atoms with Crippen LogP contribution in [-0.2, 0) is 35.2 Å². The van der Waals surface area contributed by atoms with Crippen LogP contribution in [0.25, 0.3) is 108 Å². The molecule has 468 valence electrons. The third-order valence-corrected chi connectivity index (χ3v) is 21.9. The minimum absolute atomic E-state index is 0.481. The lowest BCUT2D eigenvalue weighted by molar-refractivity contribution is -0.635. The average molecular weight is 1320 g/mol. The van der Waals surface area contributed by atoms with E-state index in [4.69, 9.17) is 11.3 Å². The normalized spacial score (nSPS) is 11.5. The molecule has 0 N–H and O–H groups in total. The first-order valence-electron chi connectivity index (χ1n) is 31.7. The summed E-state index contributed by atoms with van der Waals surface area (Å²) in [5.41, 5.74) is 25.9. The van der Waals surface area contributed by atoms with Gasteiger partial charge in [-0.2, -0.15) is 0 Å². The van der Waals surface area contributed by atoms with Gasteiger partial charge in [0.1, 0.15) is 52.0 Å². The first-order chi connectivity index (χ1) is 45.1. The van der Waals surface area contributed by atoms with Gasteiger partial charge in [0, 0.05) is 54.8 Å². The third kappa shape index (κ3) is 14.1. The summed E-state index contributed by atoms with van der Waals surface area (Å²) < 4.78 is 25.1. The Hall–Kier alpha value is -8.70. The van der Waals surface area contributed by atoms with Crippen LogP contribution < -0.4 is 22.8 Å². The zero-order chi connectivity index (χ0) is 66.7. The van der Waals surface area contributed by atoms with Gasteiger partial charge in [0.2, 0.25) is 20.0 Å². The zero-order valence-corrected chi connectivity index (χ0v) is 60.1. The van der Waals surface area contributed by atoms with Gasteiger partial charge in [-0.1, -0.05) is 206 Å². The van der Waals surface area contributed by atoms with Crippen LogP contribution in [0.4, 0.5) is 0 Å². The summed E-state index contributed by atoms with van der Waals surface area (Å²) in [6.07, 6.45) is 0. The van der Waals surface area contributed by atoms with Gasteiger partial charge in [0.25, 0.3) is 0 Å². The smallest absolute Gasteiger partial charge is 0.225 e. The van der Waals surface area contributed by atoms with E-state index in [-0.39, 0.29) is 0 Å². The molecule has 15 heteroatoms. The summed E-state index contributed by atoms with van der Waals surface area (Å²) in [6, 6.07) is 63.9. The van der Waals surface area contributed by atoms with E-state index in [9.17, 15) is 0 Å². The van der Waals surface area contributed by atoms with Crippen molar-refractivity contribution in [2.24, 2.45) is 35.2 Å². The molecule has 10 nitrogen and oxygen atoms in total. The van der Waals surface area contributed by atoms with Crippen LogP contribution in [0.1, 0.15) is 88.7 Å². The molecule has 0 aliphatic heterocycles. The maximum atomic E-state index is 8.17. The molecule has 0 aliphatic carbocycles. The number of benzene rings is 5. The van der Waals surface area contributed by atoms with Crippen LogP contribution in [0.15, 0.2) is 188 Å². The number of fused-ring (bicyclic) bond motifs is 5. The predicted molar refractivity (Wildman–Crippen MR) is 392 cm³/mol. The van der Waals surface area contributed by atoms with Crippen LogP contribution in [-0.4, -0.2) is 24.9 Å². The molecule has 0 fully saturated rings. The molecule has 0 saturated heterocycles. The monoisotopic (exact) mass is 1320 g/mol. The zero-order valence-electron chi connectivity index (χ0n) is 57.0. The van der Waals surface area contributed by atoms with Gasteiger partial charge in [-0.05, 0) is 148 Å². The first-order valence-corrected chi connectivity index (χ1v) is 35.3. The van der Waals surface area contributed by atoms with E-state index in [0.29, 0.717) is 5.92 Å². The molecule has 0 atom stereocenters. The Bertz CT molecular complexity index is 5110. The van der Waals surface area contributed by atoms with Crippen molar-refractivity contribution in [1.82, 2.24) is 24.9 Å². The van der Waals surface area contributed by atoms with Crippen molar-refractivity contribution in [2.75, 3.05) is 0 Å². The second kappa shape index (κ2) is 28.7. The molecule has 0 radical (unpaired) electrons. The highest BCUT2D eigenvalue weighted by molar-refractivity contribution is 7.19. The van der Waals surface area contributed by atoms with Crippen molar-refractivity contribution in [1.29, 1.82) is 0 Å². The third-order valence-electron chi connectivity index (χ3n) is 16.7. The Morgan fingerprint density at radius 1 is 0.312 bits per heavy atom. The van der Waals surface area contributed by atoms with E-state index >= 15 is 0 Å². The number of aromatic nitrogens is 10. The Balaban J connectivity index is 0.000000120. The molecule has 0 amide bonds. The summed E-state index contributed by atoms with van der Waals surface area (Å²) in [6.45, 7) is 23.0. The van der Waals surface area contributed by atoms with E-state index in [1.165, 1.54) is 102 Å². The van der Waals surface area contributed by atoms with Crippen molar-refractivity contribution in [3.05, 3.63) is 235 Å². The molecule has 10 heterocycles. The van der Waals surface area contributed by atoms with Crippen molar-refractivity contribution >= 4 is 108 Å². The molecule has 0 aliphatic rings. The van der Waals surface area contributed by atoms with Gasteiger partial charge in [-0.25, -0.2) is 22.8 Å². The lowest BCUT2D eigenvalue weighted by atomic mass is 10.1. The van der Waals surface area contributed by atoms with Gasteiger partial charge in [-0.15, -0.1) is 0 Å². The Labute approximate surface area is 568 Å². The molecule has 5 aromatic carbocycles. The Kier molecular flexibility index (Phi) is 19.9. The van der Waals surface area contributed by atoms with Gasteiger partial charge in [0.05, 0.1) is 35.2 Å². The van der Waals surface area contributed by atoms with Crippen molar-refractivity contribution in [3.63, 3.8) is 0 Å². The van der Waals surface area contributed by atoms with E-state index in [0.717, 1.165) is 53.7 Å². The highest BCUT2D eigenvalue weighted by Gasteiger charge is 2.24. The topological polar surface area (TPSA) is 83.8 Å². The van der Waals surface area contributed by atoms with E-state index in [2.05, 4.69) is 310 Å². The predicted octanol–water partition coefficient (Wildman–Crippen LogP) is 18.3. The van der Waals surface area contributed by atoms with Gasteiger partial charge in [-0.3, -0.25) is 0 Å². The summed E-state index contributed by atoms with van der Waals surface area (Å²) >= 11 is 8.57. The molecule has 0 bridgehead atoms.